The van der Waals surface area contributed by atoms with Crippen LogP contribution in [0.5, 0.6) is 0 Å². The largest absolute Gasteiger partial charge is 0.377 e. The summed E-state index contributed by atoms with van der Waals surface area (Å²) in [4.78, 5) is 6.26. The van der Waals surface area contributed by atoms with Gasteiger partial charge >= 0.3 is 0 Å². The summed E-state index contributed by atoms with van der Waals surface area (Å²) < 4.78 is 6.60. The van der Waals surface area contributed by atoms with E-state index in [-0.39, 0.29) is 12.2 Å². The molecule has 1 aliphatic rings. The lowest BCUT2D eigenvalue weighted by Crippen LogP contribution is -2.26. The fraction of sp³-hybridized carbons (Fsp3) is 0.227. The zero-order chi connectivity index (χ0) is 21.3. The highest BCUT2D eigenvalue weighted by molar-refractivity contribution is 6.31. The van der Waals surface area contributed by atoms with Gasteiger partial charge in [0.15, 0.2) is 5.60 Å². The number of fused-ring (bicyclic) bond motifs is 1. The smallest absolute Gasteiger partial charge is 0.229 e. The van der Waals surface area contributed by atoms with Crippen molar-refractivity contribution >= 4 is 40.3 Å². The van der Waals surface area contributed by atoms with Crippen molar-refractivity contribution in [2.75, 3.05) is 25.2 Å². The van der Waals surface area contributed by atoms with E-state index in [0.717, 1.165) is 23.0 Å². The Balaban J connectivity index is 1.76. The first-order chi connectivity index (χ1) is 14.4. The highest BCUT2D eigenvalue weighted by Crippen LogP contribution is 2.29. The Morgan fingerprint density at radius 3 is 2.90 bits per heavy atom. The first kappa shape index (κ1) is 20.1. The van der Waals surface area contributed by atoms with Crippen LogP contribution in [0.15, 0.2) is 42.5 Å². The summed E-state index contributed by atoms with van der Waals surface area (Å²) in [6, 6.07) is 12.9. The van der Waals surface area contributed by atoms with Crippen LogP contribution in [0.4, 0.5) is 11.5 Å². The molecule has 1 fully saturated rings. The van der Waals surface area contributed by atoms with Crippen molar-refractivity contribution in [3.8, 4) is 11.8 Å². The van der Waals surface area contributed by atoms with E-state index in [2.05, 4.69) is 16.8 Å². The number of halogens is 1. The maximum atomic E-state index is 10.4. The van der Waals surface area contributed by atoms with E-state index in [1.807, 2.05) is 42.3 Å². The summed E-state index contributed by atoms with van der Waals surface area (Å²) in [5.41, 5.74) is 1.04. The number of nitrogens with zero attached hydrogens (tertiary/aromatic N) is 3. The van der Waals surface area contributed by atoms with Gasteiger partial charge in [0.05, 0.1) is 25.1 Å². The molecule has 1 aliphatic heterocycles. The number of aromatic nitrogens is 2. The maximum Gasteiger partial charge on any atom is 0.229 e. The molecule has 1 unspecified atom stereocenters. The molecule has 3 N–H and O–H groups in total. The Kier molecular flexibility index (Phi) is 5.31. The monoisotopic (exact) mass is 421 g/mol. The minimum Gasteiger partial charge on any atom is -0.377 e. The molecule has 0 aliphatic carbocycles. The van der Waals surface area contributed by atoms with E-state index < -0.39 is 5.60 Å². The molecule has 0 radical (unpaired) electrons. The summed E-state index contributed by atoms with van der Waals surface area (Å²) in [5.74, 6) is 6.51. The molecule has 8 heteroatoms. The number of rotatable bonds is 3. The van der Waals surface area contributed by atoms with E-state index in [1.54, 1.807) is 12.1 Å². The molecular weight excluding hydrogens is 402 g/mol. The SMILES string of the molecule is CN(c1cccc(C#CC2(O)CCOC2)c1)c1nc(=N)n(C=N)c2cc(Cl)ccc12. The summed E-state index contributed by atoms with van der Waals surface area (Å²) in [6.45, 7) is 0.733. The zero-order valence-electron chi connectivity index (χ0n) is 16.3. The molecule has 1 aromatic heterocycles. The van der Waals surface area contributed by atoms with Crippen molar-refractivity contribution in [1.82, 2.24) is 9.55 Å². The number of hydrogen-bond donors (Lipinski definition) is 3. The molecule has 0 spiro atoms. The summed E-state index contributed by atoms with van der Waals surface area (Å²) in [5, 5.41) is 27.5. The Labute approximate surface area is 178 Å². The van der Waals surface area contributed by atoms with Crippen LogP contribution in [-0.2, 0) is 4.74 Å². The van der Waals surface area contributed by atoms with E-state index >= 15 is 0 Å². The second-order valence-electron chi connectivity index (χ2n) is 7.11. The topological polar surface area (TPSA) is 98.2 Å². The zero-order valence-corrected chi connectivity index (χ0v) is 17.1. The van der Waals surface area contributed by atoms with Gasteiger partial charge in [0.2, 0.25) is 5.62 Å². The van der Waals surface area contributed by atoms with Crippen LogP contribution in [0.3, 0.4) is 0 Å². The van der Waals surface area contributed by atoms with Crippen LogP contribution in [0, 0.1) is 22.7 Å². The van der Waals surface area contributed by atoms with Crippen molar-refractivity contribution in [2.24, 2.45) is 0 Å². The molecule has 1 saturated heterocycles. The summed E-state index contributed by atoms with van der Waals surface area (Å²) in [6.07, 6.45) is 1.55. The van der Waals surface area contributed by atoms with Gasteiger partial charge in [0.1, 0.15) is 5.82 Å². The van der Waals surface area contributed by atoms with Crippen molar-refractivity contribution < 1.29 is 9.84 Å². The highest BCUT2D eigenvalue weighted by atomic mass is 35.5. The van der Waals surface area contributed by atoms with Crippen LogP contribution in [0.2, 0.25) is 5.02 Å². The lowest BCUT2D eigenvalue weighted by molar-refractivity contribution is 0.0765. The number of ether oxygens (including phenoxy) is 1. The lowest BCUT2D eigenvalue weighted by atomic mass is 10.0. The molecule has 152 valence electrons. The fourth-order valence-corrected chi connectivity index (χ4v) is 3.53. The second-order valence-corrected chi connectivity index (χ2v) is 7.55. The maximum absolute atomic E-state index is 10.4. The first-order valence-corrected chi connectivity index (χ1v) is 9.72. The molecule has 30 heavy (non-hydrogen) atoms. The van der Waals surface area contributed by atoms with Crippen LogP contribution in [0.25, 0.3) is 10.9 Å². The predicted molar refractivity (Wildman–Crippen MR) is 117 cm³/mol. The van der Waals surface area contributed by atoms with Crippen molar-refractivity contribution in [2.45, 2.75) is 12.0 Å². The van der Waals surface area contributed by atoms with Gasteiger partial charge in [-0.3, -0.25) is 15.4 Å². The summed E-state index contributed by atoms with van der Waals surface area (Å²) >= 11 is 6.14. The molecule has 1 atom stereocenters. The third-order valence-electron chi connectivity index (χ3n) is 5.02. The van der Waals surface area contributed by atoms with Crippen molar-refractivity contribution in [1.29, 1.82) is 10.8 Å². The van der Waals surface area contributed by atoms with Gasteiger partial charge in [-0.15, -0.1) is 0 Å². The molecule has 0 bridgehead atoms. The third-order valence-corrected chi connectivity index (χ3v) is 5.26. The van der Waals surface area contributed by atoms with Gasteiger partial charge in [0.25, 0.3) is 0 Å². The number of benzene rings is 2. The Morgan fingerprint density at radius 1 is 1.33 bits per heavy atom. The lowest BCUT2D eigenvalue weighted by Gasteiger charge is -2.21. The normalized spacial score (nSPS) is 18.1. The van der Waals surface area contributed by atoms with E-state index in [4.69, 9.17) is 27.2 Å². The van der Waals surface area contributed by atoms with Gasteiger partial charge in [-0.25, -0.2) is 0 Å². The predicted octanol–water partition coefficient (Wildman–Crippen LogP) is 2.90. The molecule has 2 aromatic carbocycles. The molecule has 0 amide bonds. The van der Waals surface area contributed by atoms with E-state index in [9.17, 15) is 5.11 Å². The molecular formula is C22H20ClN5O2. The second kappa shape index (κ2) is 7.92. The number of hydrogen-bond acceptors (Lipinski definition) is 6. The van der Waals surface area contributed by atoms with E-state index in [1.165, 1.54) is 4.57 Å². The van der Waals surface area contributed by atoms with Crippen molar-refractivity contribution in [3.05, 3.63) is 58.7 Å². The summed E-state index contributed by atoms with van der Waals surface area (Å²) in [7, 11) is 1.86. The Morgan fingerprint density at radius 2 is 2.17 bits per heavy atom. The van der Waals surface area contributed by atoms with Crippen LogP contribution >= 0.6 is 11.6 Å². The van der Waals surface area contributed by atoms with Gasteiger partial charge in [0, 0.05) is 35.1 Å². The van der Waals surface area contributed by atoms with Crippen molar-refractivity contribution in [3.63, 3.8) is 0 Å². The van der Waals surface area contributed by atoms with E-state index in [0.29, 0.717) is 29.4 Å². The minimum atomic E-state index is -1.10. The highest BCUT2D eigenvalue weighted by Gasteiger charge is 2.29. The van der Waals surface area contributed by atoms with Gasteiger partial charge in [-0.1, -0.05) is 29.5 Å². The standard InChI is InChI=1S/C22H20ClN5O2/c1-27(17-4-2-3-15(11-17)7-8-22(29)9-10-30-13-22)20-18-6-5-16(23)12-19(18)28(14-24)21(25)26-20/h2-6,11-12,14,24-25,29H,9-10,13H2,1H3. The van der Waals surface area contributed by atoms with Gasteiger partial charge in [-0.05, 0) is 36.4 Å². The third kappa shape index (κ3) is 3.81. The Bertz CT molecular complexity index is 1250. The molecule has 7 nitrogen and oxygen atoms in total. The number of aliphatic hydroxyl groups is 1. The molecule has 0 saturated carbocycles. The Hall–Kier alpha value is -3.18. The molecule has 2 heterocycles. The van der Waals surface area contributed by atoms with Crippen LogP contribution in [-0.4, -0.2) is 46.9 Å². The van der Waals surface area contributed by atoms with Crippen LogP contribution in [0.1, 0.15) is 12.0 Å². The average molecular weight is 422 g/mol. The minimum absolute atomic E-state index is 0.0685. The first-order valence-electron chi connectivity index (χ1n) is 9.34. The fourth-order valence-electron chi connectivity index (χ4n) is 3.36. The van der Waals surface area contributed by atoms with Crippen LogP contribution < -0.4 is 10.5 Å². The average Bonchev–Trinajstić information content (AvgIpc) is 3.18. The quantitative estimate of drug-likeness (QED) is 0.344. The van der Waals surface area contributed by atoms with Gasteiger partial charge in [-0.2, -0.15) is 4.98 Å². The molecule has 3 aromatic rings. The number of anilines is 2. The molecule has 4 rings (SSSR count). The number of nitrogens with one attached hydrogen (secondary N) is 2. The van der Waals surface area contributed by atoms with Gasteiger partial charge < -0.3 is 14.7 Å².